The van der Waals surface area contributed by atoms with E-state index in [9.17, 15) is 0 Å². The second-order valence-corrected chi connectivity index (χ2v) is 2.83. The van der Waals surface area contributed by atoms with Crippen LogP contribution in [0.25, 0.3) is 11.0 Å². The van der Waals surface area contributed by atoms with Gasteiger partial charge in [-0.2, -0.15) is 0 Å². The van der Waals surface area contributed by atoms with Crippen LogP contribution in [0.5, 0.6) is 0 Å². The highest BCUT2D eigenvalue weighted by atomic mass is 14.9. The van der Waals surface area contributed by atoms with Crippen LogP contribution < -0.4 is 0 Å². The Labute approximate surface area is 84.2 Å². The van der Waals surface area contributed by atoms with Gasteiger partial charge in [-0.05, 0) is 25.5 Å². The number of aryl methyl sites for hydroxylation is 2. The molecule has 0 saturated carbocycles. The first kappa shape index (κ1) is 10.6. The first-order valence-corrected chi connectivity index (χ1v) is 4.81. The van der Waals surface area contributed by atoms with E-state index in [4.69, 9.17) is 0 Å². The predicted octanol–water partition coefficient (Wildman–Crippen LogP) is 2.67. The first-order chi connectivity index (χ1) is 6.77. The van der Waals surface area contributed by atoms with Crippen LogP contribution in [-0.2, 0) is 0 Å². The lowest BCUT2D eigenvalue weighted by atomic mass is 10.2. The van der Waals surface area contributed by atoms with Crippen molar-refractivity contribution in [2.24, 2.45) is 0 Å². The summed E-state index contributed by atoms with van der Waals surface area (Å²) in [6.45, 7) is 8.02. The normalized spacial score (nSPS) is 9.43. The topological polar surface area (TPSA) is 38.7 Å². The van der Waals surface area contributed by atoms with Gasteiger partial charge in [0, 0.05) is 17.3 Å². The Hall–Kier alpha value is -1.51. The number of aromatic nitrogens is 3. The smallest absolute Gasteiger partial charge is 0.162 e. The zero-order chi connectivity index (χ0) is 10.6. The van der Waals surface area contributed by atoms with Gasteiger partial charge in [-0.1, -0.05) is 13.8 Å². The summed E-state index contributed by atoms with van der Waals surface area (Å²) in [5.74, 6) is 0. The monoisotopic (exact) mass is 189 g/mol. The molecule has 2 aromatic heterocycles. The third kappa shape index (κ3) is 2.05. The van der Waals surface area contributed by atoms with Crippen molar-refractivity contribution in [3.63, 3.8) is 0 Å². The van der Waals surface area contributed by atoms with Crippen molar-refractivity contribution in [2.45, 2.75) is 27.7 Å². The van der Waals surface area contributed by atoms with E-state index >= 15 is 0 Å². The second-order valence-electron chi connectivity index (χ2n) is 2.83. The molecular weight excluding hydrogens is 174 g/mol. The van der Waals surface area contributed by atoms with Crippen LogP contribution in [0, 0.1) is 13.8 Å². The lowest BCUT2D eigenvalue weighted by Crippen LogP contribution is -1.90. The number of hydrogen-bond acceptors (Lipinski definition) is 3. The van der Waals surface area contributed by atoms with Crippen LogP contribution in [0.3, 0.4) is 0 Å². The molecule has 74 valence electrons. The Balaban J connectivity index is 0.000000461. The molecule has 0 aliphatic rings. The van der Waals surface area contributed by atoms with Crippen molar-refractivity contribution in [3.8, 4) is 0 Å². The van der Waals surface area contributed by atoms with Crippen LogP contribution in [0.15, 0.2) is 18.6 Å². The van der Waals surface area contributed by atoms with Crippen molar-refractivity contribution in [1.29, 1.82) is 0 Å². The first-order valence-electron chi connectivity index (χ1n) is 4.81. The Morgan fingerprint density at radius 1 is 1.14 bits per heavy atom. The molecule has 2 rings (SSSR count). The Morgan fingerprint density at radius 3 is 2.57 bits per heavy atom. The van der Waals surface area contributed by atoms with Gasteiger partial charge < -0.3 is 0 Å². The van der Waals surface area contributed by atoms with Gasteiger partial charge in [0.25, 0.3) is 0 Å². The summed E-state index contributed by atoms with van der Waals surface area (Å²) in [6, 6.07) is 2.05. The predicted molar refractivity (Wildman–Crippen MR) is 58.2 cm³/mol. The van der Waals surface area contributed by atoms with Crippen LogP contribution >= 0.6 is 0 Å². The maximum absolute atomic E-state index is 4.32. The third-order valence-corrected chi connectivity index (χ3v) is 1.93. The quantitative estimate of drug-likeness (QED) is 0.639. The lowest BCUT2D eigenvalue weighted by Gasteiger charge is -1.99. The Bertz CT molecular complexity index is 383. The van der Waals surface area contributed by atoms with Gasteiger partial charge in [0.05, 0.1) is 0 Å². The molecule has 0 saturated heterocycles. The summed E-state index contributed by atoms with van der Waals surface area (Å²) >= 11 is 0. The molecule has 0 aromatic carbocycles. The van der Waals surface area contributed by atoms with Crippen LogP contribution in [-0.4, -0.2) is 15.0 Å². The maximum atomic E-state index is 4.32. The standard InChI is InChI=1S/C9H9N3.C2H6/c1-6-3-8-4-10-5-11-9(8)12-7(6)2;1-2/h3-5H,1-2H3;1-2H3. The summed E-state index contributed by atoms with van der Waals surface area (Å²) in [5.41, 5.74) is 2.98. The molecule has 14 heavy (non-hydrogen) atoms. The fourth-order valence-corrected chi connectivity index (χ4v) is 1.11. The number of nitrogens with zero attached hydrogens (tertiary/aromatic N) is 3. The van der Waals surface area contributed by atoms with E-state index in [0.717, 1.165) is 16.7 Å². The minimum absolute atomic E-state index is 0.771. The van der Waals surface area contributed by atoms with Gasteiger partial charge in [-0.25, -0.2) is 15.0 Å². The van der Waals surface area contributed by atoms with Gasteiger partial charge >= 0.3 is 0 Å². The summed E-state index contributed by atoms with van der Waals surface area (Å²) in [6.07, 6.45) is 3.30. The minimum atomic E-state index is 0.771. The summed E-state index contributed by atoms with van der Waals surface area (Å²) in [4.78, 5) is 12.3. The van der Waals surface area contributed by atoms with E-state index in [1.54, 1.807) is 6.20 Å². The van der Waals surface area contributed by atoms with Crippen LogP contribution in [0.1, 0.15) is 25.1 Å². The van der Waals surface area contributed by atoms with E-state index in [-0.39, 0.29) is 0 Å². The van der Waals surface area contributed by atoms with E-state index < -0.39 is 0 Å². The zero-order valence-electron chi connectivity index (χ0n) is 9.07. The van der Waals surface area contributed by atoms with Crippen molar-refractivity contribution in [2.75, 3.05) is 0 Å². The Kier molecular flexibility index (Phi) is 3.51. The molecule has 3 nitrogen and oxygen atoms in total. The molecule has 2 aromatic rings. The molecule has 0 radical (unpaired) electrons. The van der Waals surface area contributed by atoms with Gasteiger partial charge in [-0.15, -0.1) is 0 Å². The summed E-state index contributed by atoms with van der Waals surface area (Å²) in [7, 11) is 0. The molecule has 0 atom stereocenters. The average molecular weight is 189 g/mol. The zero-order valence-corrected chi connectivity index (χ0v) is 9.07. The van der Waals surface area contributed by atoms with Crippen molar-refractivity contribution >= 4 is 11.0 Å². The van der Waals surface area contributed by atoms with Gasteiger partial charge in [-0.3, -0.25) is 0 Å². The summed E-state index contributed by atoms with van der Waals surface area (Å²) < 4.78 is 0. The molecule has 0 fully saturated rings. The van der Waals surface area contributed by atoms with Crippen molar-refractivity contribution in [3.05, 3.63) is 29.8 Å². The molecule has 0 bridgehead atoms. The van der Waals surface area contributed by atoms with E-state index in [1.807, 2.05) is 27.7 Å². The Morgan fingerprint density at radius 2 is 1.86 bits per heavy atom. The fraction of sp³-hybridized carbons (Fsp3) is 0.364. The second kappa shape index (κ2) is 4.65. The lowest BCUT2D eigenvalue weighted by molar-refractivity contribution is 1.13. The van der Waals surface area contributed by atoms with E-state index in [0.29, 0.717) is 0 Å². The van der Waals surface area contributed by atoms with Gasteiger partial charge in [0.2, 0.25) is 0 Å². The van der Waals surface area contributed by atoms with Crippen molar-refractivity contribution < 1.29 is 0 Å². The SMILES string of the molecule is CC.Cc1cc2cncnc2nc1C. The molecule has 0 unspecified atom stereocenters. The van der Waals surface area contributed by atoms with Gasteiger partial charge in [0.15, 0.2) is 5.65 Å². The highest BCUT2D eigenvalue weighted by Gasteiger charge is 1.98. The molecule has 0 spiro atoms. The molecule has 0 aliphatic heterocycles. The van der Waals surface area contributed by atoms with E-state index in [1.165, 1.54) is 11.9 Å². The van der Waals surface area contributed by atoms with E-state index in [2.05, 4.69) is 21.0 Å². The molecule has 0 N–H and O–H groups in total. The summed E-state index contributed by atoms with van der Waals surface area (Å²) in [5, 5.41) is 1.00. The third-order valence-electron chi connectivity index (χ3n) is 1.93. The number of hydrogen-bond donors (Lipinski definition) is 0. The highest BCUT2D eigenvalue weighted by molar-refractivity contribution is 5.74. The molecule has 0 aliphatic carbocycles. The maximum Gasteiger partial charge on any atom is 0.162 e. The minimum Gasteiger partial charge on any atom is -0.244 e. The number of pyridine rings is 1. The van der Waals surface area contributed by atoms with Crippen LogP contribution in [0.4, 0.5) is 0 Å². The molecular formula is C11H15N3. The molecule has 2 heterocycles. The largest absolute Gasteiger partial charge is 0.244 e. The van der Waals surface area contributed by atoms with Crippen molar-refractivity contribution in [1.82, 2.24) is 15.0 Å². The van der Waals surface area contributed by atoms with Gasteiger partial charge in [0.1, 0.15) is 6.33 Å². The fourth-order valence-electron chi connectivity index (χ4n) is 1.11. The number of fused-ring (bicyclic) bond motifs is 1. The highest BCUT2D eigenvalue weighted by Crippen LogP contribution is 2.11. The molecule has 3 heteroatoms. The number of rotatable bonds is 0. The average Bonchev–Trinajstić information content (AvgIpc) is 2.23. The van der Waals surface area contributed by atoms with Crippen LogP contribution in [0.2, 0.25) is 0 Å². The molecule has 0 amide bonds.